The fraction of sp³-hybridized carbons (Fsp3) is 0.643. The van der Waals surface area contributed by atoms with E-state index in [2.05, 4.69) is 24.1 Å². The highest BCUT2D eigenvalue weighted by Gasteiger charge is 2.10. The predicted molar refractivity (Wildman–Crippen MR) is 72.9 cm³/mol. The zero-order valence-corrected chi connectivity index (χ0v) is 11.6. The number of rotatable bonds is 9. The van der Waals surface area contributed by atoms with Crippen LogP contribution in [0.1, 0.15) is 38.3 Å². The van der Waals surface area contributed by atoms with Gasteiger partial charge in [-0.3, -0.25) is 0 Å². The Kier molecular flexibility index (Phi) is 7.37. The Labute approximate surface area is 110 Å². The lowest BCUT2D eigenvalue weighted by molar-refractivity contribution is 0.0959. The molecule has 1 aromatic rings. The number of nitrogens with zero attached hydrogens (tertiary/aromatic N) is 1. The molecule has 0 saturated heterocycles. The predicted octanol–water partition coefficient (Wildman–Crippen LogP) is 2.56. The summed E-state index contributed by atoms with van der Waals surface area (Å²) >= 11 is 0. The first-order chi connectivity index (χ1) is 8.79. The Morgan fingerprint density at radius 3 is 2.89 bits per heavy atom. The molecule has 0 saturated carbocycles. The minimum Gasteiger partial charge on any atom is -0.475 e. The van der Waals surface area contributed by atoms with Gasteiger partial charge >= 0.3 is 0 Å². The number of ether oxygens (including phenoxy) is 2. The van der Waals surface area contributed by atoms with Gasteiger partial charge in [-0.1, -0.05) is 19.4 Å². The normalized spacial score (nSPS) is 12.4. The van der Waals surface area contributed by atoms with E-state index in [0.29, 0.717) is 19.1 Å². The Hall–Kier alpha value is -1.13. The molecule has 0 aliphatic rings. The molecule has 0 radical (unpaired) electrons. The molecule has 4 heteroatoms. The quantitative estimate of drug-likeness (QED) is 0.686. The van der Waals surface area contributed by atoms with Gasteiger partial charge in [0.1, 0.15) is 6.61 Å². The van der Waals surface area contributed by atoms with Crippen LogP contribution in [-0.2, 0) is 4.74 Å². The lowest BCUT2D eigenvalue weighted by Crippen LogP contribution is -2.15. The van der Waals surface area contributed by atoms with E-state index in [1.807, 2.05) is 19.2 Å². The fourth-order valence-corrected chi connectivity index (χ4v) is 1.55. The van der Waals surface area contributed by atoms with Crippen LogP contribution in [-0.4, -0.2) is 31.9 Å². The lowest BCUT2D eigenvalue weighted by atomic mass is 10.1. The number of aromatic nitrogens is 1. The third kappa shape index (κ3) is 5.02. The summed E-state index contributed by atoms with van der Waals surface area (Å²) in [6, 6.07) is 4.18. The standard InChI is InChI=1S/C14H24N2O2/c1-4-5-9-17-10-11-18-14-13(12(2)15-3)7-6-8-16-14/h6-8,12,15H,4-5,9-11H2,1-3H3. The Morgan fingerprint density at radius 2 is 2.17 bits per heavy atom. The molecule has 0 aliphatic carbocycles. The summed E-state index contributed by atoms with van der Waals surface area (Å²) in [5.74, 6) is 0.693. The van der Waals surface area contributed by atoms with Crippen molar-refractivity contribution in [1.29, 1.82) is 0 Å². The third-order valence-electron chi connectivity index (χ3n) is 2.81. The monoisotopic (exact) mass is 252 g/mol. The summed E-state index contributed by atoms with van der Waals surface area (Å²) in [4.78, 5) is 4.26. The molecule has 1 heterocycles. The van der Waals surface area contributed by atoms with E-state index in [9.17, 15) is 0 Å². The van der Waals surface area contributed by atoms with Crippen molar-refractivity contribution in [1.82, 2.24) is 10.3 Å². The molecule has 1 aromatic heterocycles. The molecule has 1 unspecified atom stereocenters. The van der Waals surface area contributed by atoms with Gasteiger partial charge in [0, 0.05) is 24.4 Å². The number of hydrogen-bond acceptors (Lipinski definition) is 4. The van der Waals surface area contributed by atoms with Gasteiger partial charge in [0.05, 0.1) is 6.61 Å². The van der Waals surface area contributed by atoms with E-state index in [-0.39, 0.29) is 6.04 Å². The molecular formula is C14H24N2O2. The molecule has 0 aromatic carbocycles. The van der Waals surface area contributed by atoms with Gasteiger partial charge in [0.15, 0.2) is 0 Å². The van der Waals surface area contributed by atoms with Crippen LogP contribution in [0.3, 0.4) is 0 Å². The van der Waals surface area contributed by atoms with Gasteiger partial charge < -0.3 is 14.8 Å². The Morgan fingerprint density at radius 1 is 1.33 bits per heavy atom. The summed E-state index contributed by atoms with van der Waals surface area (Å²) in [5, 5.41) is 3.19. The van der Waals surface area contributed by atoms with E-state index in [0.717, 1.165) is 25.0 Å². The van der Waals surface area contributed by atoms with Crippen LogP contribution in [0, 0.1) is 0 Å². The maximum atomic E-state index is 5.66. The number of pyridine rings is 1. The number of nitrogens with one attached hydrogen (secondary N) is 1. The van der Waals surface area contributed by atoms with Crippen LogP contribution in [0.4, 0.5) is 0 Å². The lowest BCUT2D eigenvalue weighted by Gasteiger charge is -2.15. The van der Waals surface area contributed by atoms with Gasteiger partial charge in [0.25, 0.3) is 0 Å². The molecule has 18 heavy (non-hydrogen) atoms. The van der Waals surface area contributed by atoms with Crippen molar-refractivity contribution in [2.75, 3.05) is 26.9 Å². The summed E-state index contributed by atoms with van der Waals surface area (Å²) < 4.78 is 11.1. The van der Waals surface area contributed by atoms with Gasteiger partial charge in [0.2, 0.25) is 5.88 Å². The van der Waals surface area contributed by atoms with Crippen LogP contribution in [0.25, 0.3) is 0 Å². The van der Waals surface area contributed by atoms with Crippen molar-refractivity contribution >= 4 is 0 Å². The Bertz CT molecular complexity index is 331. The van der Waals surface area contributed by atoms with Crippen LogP contribution in [0.15, 0.2) is 18.3 Å². The largest absolute Gasteiger partial charge is 0.475 e. The fourth-order valence-electron chi connectivity index (χ4n) is 1.55. The highest BCUT2D eigenvalue weighted by molar-refractivity contribution is 5.28. The van der Waals surface area contributed by atoms with Crippen LogP contribution in [0.5, 0.6) is 5.88 Å². The zero-order chi connectivity index (χ0) is 13.2. The minimum absolute atomic E-state index is 0.231. The summed E-state index contributed by atoms with van der Waals surface area (Å²) in [5.41, 5.74) is 1.08. The van der Waals surface area contributed by atoms with Crippen molar-refractivity contribution in [3.63, 3.8) is 0 Å². The minimum atomic E-state index is 0.231. The van der Waals surface area contributed by atoms with Gasteiger partial charge in [-0.15, -0.1) is 0 Å². The second-order valence-electron chi connectivity index (χ2n) is 4.22. The molecule has 0 bridgehead atoms. The summed E-state index contributed by atoms with van der Waals surface area (Å²) in [6.07, 6.45) is 4.01. The molecule has 0 fully saturated rings. The number of unbranched alkanes of at least 4 members (excludes halogenated alkanes) is 1. The highest BCUT2D eigenvalue weighted by atomic mass is 16.5. The van der Waals surface area contributed by atoms with Crippen molar-refractivity contribution in [3.05, 3.63) is 23.9 Å². The topological polar surface area (TPSA) is 43.4 Å². The second-order valence-corrected chi connectivity index (χ2v) is 4.22. The van der Waals surface area contributed by atoms with Crippen molar-refractivity contribution in [3.8, 4) is 5.88 Å². The SMILES string of the molecule is CCCCOCCOc1ncccc1C(C)NC. The van der Waals surface area contributed by atoms with E-state index in [4.69, 9.17) is 9.47 Å². The molecule has 4 nitrogen and oxygen atoms in total. The van der Waals surface area contributed by atoms with Crippen molar-refractivity contribution in [2.24, 2.45) is 0 Å². The van der Waals surface area contributed by atoms with E-state index in [1.54, 1.807) is 6.20 Å². The molecule has 0 amide bonds. The van der Waals surface area contributed by atoms with E-state index in [1.165, 1.54) is 0 Å². The highest BCUT2D eigenvalue weighted by Crippen LogP contribution is 2.21. The third-order valence-corrected chi connectivity index (χ3v) is 2.81. The van der Waals surface area contributed by atoms with Crippen molar-refractivity contribution in [2.45, 2.75) is 32.7 Å². The smallest absolute Gasteiger partial charge is 0.218 e. The van der Waals surface area contributed by atoms with Crippen LogP contribution < -0.4 is 10.1 Å². The molecule has 1 rings (SSSR count). The molecule has 0 aliphatic heterocycles. The van der Waals surface area contributed by atoms with Gasteiger partial charge in [-0.25, -0.2) is 4.98 Å². The van der Waals surface area contributed by atoms with E-state index < -0.39 is 0 Å². The van der Waals surface area contributed by atoms with E-state index >= 15 is 0 Å². The van der Waals surface area contributed by atoms with Crippen LogP contribution in [0.2, 0.25) is 0 Å². The average molecular weight is 252 g/mol. The zero-order valence-electron chi connectivity index (χ0n) is 11.6. The summed E-state index contributed by atoms with van der Waals surface area (Å²) in [6.45, 7) is 6.21. The molecule has 1 atom stereocenters. The molecule has 0 spiro atoms. The van der Waals surface area contributed by atoms with Gasteiger partial charge in [-0.05, 0) is 26.5 Å². The number of hydrogen-bond donors (Lipinski definition) is 1. The van der Waals surface area contributed by atoms with Gasteiger partial charge in [-0.2, -0.15) is 0 Å². The maximum Gasteiger partial charge on any atom is 0.218 e. The first-order valence-electron chi connectivity index (χ1n) is 6.62. The summed E-state index contributed by atoms with van der Waals surface area (Å²) in [7, 11) is 1.93. The maximum absolute atomic E-state index is 5.66. The first-order valence-corrected chi connectivity index (χ1v) is 6.62. The van der Waals surface area contributed by atoms with Crippen LogP contribution >= 0.6 is 0 Å². The average Bonchev–Trinajstić information content (AvgIpc) is 2.42. The molecular weight excluding hydrogens is 228 g/mol. The first kappa shape index (κ1) is 14.9. The molecule has 102 valence electrons. The second kappa shape index (κ2) is 8.89. The Balaban J connectivity index is 2.37. The van der Waals surface area contributed by atoms with Crippen molar-refractivity contribution < 1.29 is 9.47 Å². The molecule has 1 N–H and O–H groups in total.